The molecule has 5 nitrogen and oxygen atoms in total. The first-order chi connectivity index (χ1) is 10.6. The van der Waals surface area contributed by atoms with Crippen LogP contribution in [0.4, 0.5) is 5.69 Å². The van der Waals surface area contributed by atoms with E-state index in [0.717, 1.165) is 23.2 Å². The molecule has 0 unspecified atom stereocenters. The minimum atomic E-state index is -0.166. The summed E-state index contributed by atoms with van der Waals surface area (Å²) in [6.45, 7) is 0.609. The molecule has 1 aromatic carbocycles. The lowest BCUT2D eigenvalue weighted by Gasteiger charge is -2.12. The fraction of sp³-hybridized carbons (Fsp3) is 0.125. The van der Waals surface area contributed by atoms with Gasteiger partial charge in [0, 0.05) is 29.0 Å². The van der Waals surface area contributed by atoms with Crippen molar-refractivity contribution >= 4 is 40.8 Å². The van der Waals surface area contributed by atoms with Gasteiger partial charge < -0.3 is 15.6 Å². The molecule has 6 heteroatoms. The fourth-order valence-electron chi connectivity index (χ4n) is 2.92. The molecule has 4 rings (SSSR count). The summed E-state index contributed by atoms with van der Waals surface area (Å²) in [5, 5.41) is 6.18. The van der Waals surface area contributed by atoms with Crippen LogP contribution in [0.5, 0.6) is 0 Å². The average molecular weight is 314 g/mol. The standard InChI is InChI=1S/C16H12ClN3O2/c17-8-1-2-9-11(16(22)20-14(9)5-8)6-13-10-3-4-18-15(21)12(10)7-19-13/h1-2,5-7,19H,3-4H2,(H,18,21)(H,20,22)/b11-6-. The molecule has 2 aromatic rings. The minimum absolute atomic E-state index is 0.0785. The van der Waals surface area contributed by atoms with Gasteiger partial charge in [0.1, 0.15) is 0 Å². The second-order valence-electron chi connectivity index (χ2n) is 5.30. The summed E-state index contributed by atoms with van der Waals surface area (Å²) in [5.41, 5.74) is 4.50. The van der Waals surface area contributed by atoms with Crippen LogP contribution in [0.2, 0.25) is 5.02 Å². The predicted octanol–water partition coefficient (Wildman–Crippen LogP) is 2.45. The van der Waals surface area contributed by atoms with Crippen LogP contribution in [0.3, 0.4) is 0 Å². The second kappa shape index (κ2) is 4.74. The third kappa shape index (κ3) is 1.94. The summed E-state index contributed by atoms with van der Waals surface area (Å²) < 4.78 is 0. The number of nitrogens with one attached hydrogen (secondary N) is 3. The maximum atomic E-state index is 12.2. The number of rotatable bonds is 1. The first kappa shape index (κ1) is 13.2. The van der Waals surface area contributed by atoms with Crippen molar-refractivity contribution in [2.75, 3.05) is 11.9 Å². The van der Waals surface area contributed by atoms with Crippen LogP contribution < -0.4 is 10.6 Å². The molecule has 2 aliphatic heterocycles. The third-order valence-electron chi connectivity index (χ3n) is 3.98. The van der Waals surface area contributed by atoms with E-state index in [1.54, 1.807) is 24.4 Å². The Bertz CT molecular complexity index is 851. The zero-order valence-electron chi connectivity index (χ0n) is 11.5. The monoisotopic (exact) mass is 313 g/mol. The van der Waals surface area contributed by atoms with Crippen molar-refractivity contribution in [1.29, 1.82) is 0 Å². The van der Waals surface area contributed by atoms with Gasteiger partial charge in [-0.1, -0.05) is 17.7 Å². The number of benzene rings is 1. The lowest BCUT2D eigenvalue weighted by atomic mass is 10.00. The van der Waals surface area contributed by atoms with Crippen molar-refractivity contribution in [2.45, 2.75) is 6.42 Å². The first-order valence-corrected chi connectivity index (χ1v) is 7.33. The van der Waals surface area contributed by atoms with Gasteiger partial charge in [0.2, 0.25) is 0 Å². The van der Waals surface area contributed by atoms with E-state index in [-0.39, 0.29) is 11.8 Å². The summed E-state index contributed by atoms with van der Waals surface area (Å²) in [6.07, 6.45) is 4.23. The van der Waals surface area contributed by atoms with Gasteiger partial charge in [-0.25, -0.2) is 0 Å². The van der Waals surface area contributed by atoms with Gasteiger partial charge in [0.15, 0.2) is 0 Å². The molecule has 0 saturated heterocycles. The van der Waals surface area contributed by atoms with Gasteiger partial charge in [-0.05, 0) is 30.2 Å². The molecule has 0 bridgehead atoms. The Kier molecular flexibility index (Phi) is 2.84. The normalized spacial score (nSPS) is 18.0. The Balaban J connectivity index is 1.82. The van der Waals surface area contributed by atoms with Crippen LogP contribution >= 0.6 is 11.6 Å². The maximum absolute atomic E-state index is 12.2. The van der Waals surface area contributed by atoms with Gasteiger partial charge in [-0.15, -0.1) is 0 Å². The highest BCUT2D eigenvalue weighted by Gasteiger charge is 2.26. The van der Waals surface area contributed by atoms with Crippen LogP contribution in [0, 0.1) is 0 Å². The van der Waals surface area contributed by atoms with Crippen LogP contribution in [0.15, 0.2) is 24.4 Å². The molecule has 110 valence electrons. The quantitative estimate of drug-likeness (QED) is 0.707. The van der Waals surface area contributed by atoms with E-state index in [1.165, 1.54) is 0 Å². The van der Waals surface area contributed by atoms with Crippen molar-refractivity contribution in [3.8, 4) is 0 Å². The molecule has 0 aliphatic carbocycles. The number of aromatic nitrogens is 1. The Morgan fingerprint density at radius 1 is 1.14 bits per heavy atom. The molecule has 2 amide bonds. The second-order valence-corrected chi connectivity index (χ2v) is 5.74. The molecule has 3 heterocycles. The molecule has 3 N–H and O–H groups in total. The molecule has 2 aliphatic rings. The topological polar surface area (TPSA) is 74.0 Å². The average Bonchev–Trinajstić information content (AvgIpc) is 3.02. The van der Waals surface area contributed by atoms with Gasteiger partial charge >= 0.3 is 0 Å². The number of aromatic amines is 1. The zero-order valence-corrected chi connectivity index (χ0v) is 12.3. The van der Waals surface area contributed by atoms with Crippen LogP contribution in [-0.4, -0.2) is 23.3 Å². The van der Waals surface area contributed by atoms with Crippen molar-refractivity contribution in [3.05, 3.63) is 51.8 Å². The Hall–Kier alpha value is -2.53. The Morgan fingerprint density at radius 3 is 2.86 bits per heavy atom. The Labute approximate surface area is 131 Å². The minimum Gasteiger partial charge on any atom is -0.361 e. The number of carbonyl (C=O) groups excluding carboxylic acids is 2. The molecule has 0 saturated carbocycles. The fourth-order valence-corrected chi connectivity index (χ4v) is 3.09. The summed E-state index contributed by atoms with van der Waals surface area (Å²) in [6, 6.07) is 5.31. The van der Waals surface area contributed by atoms with Crippen molar-refractivity contribution in [2.24, 2.45) is 0 Å². The summed E-state index contributed by atoms with van der Waals surface area (Å²) in [7, 11) is 0. The number of hydrogen-bond acceptors (Lipinski definition) is 2. The Morgan fingerprint density at radius 2 is 2.00 bits per heavy atom. The SMILES string of the molecule is O=C1Nc2cc(Cl)ccc2/C1=C/c1[nH]cc2c1CCNC2=O. The van der Waals surface area contributed by atoms with Crippen molar-refractivity contribution < 1.29 is 9.59 Å². The van der Waals surface area contributed by atoms with Gasteiger partial charge in [-0.3, -0.25) is 9.59 Å². The number of carbonyl (C=O) groups is 2. The molecule has 22 heavy (non-hydrogen) atoms. The van der Waals surface area contributed by atoms with Gasteiger partial charge in [0.05, 0.1) is 16.8 Å². The summed E-state index contributed by atoms with van der Waals surface area (Å²) >= 11 is 5.95. The molecule has 0 fully saturated rings. The summed E-state index contributed by atoms with van der Waals surface area (Å²) in [5.74, 6) is -0.244. The highest BCUT2D eigenvalue weighted by molar-refractivity contribution is 6.36. The van der Waals surface area contributed by atoms with Crippen molar-refractivity contribution in [3.63, 3.8) is 0 Å². The molecular formula is C16H12ClN3O2. The number of anilines is 1. The van der Waals surface area contributed by atoms with E-state index < -0.39 is 0 Å². The molecule has 1 aromatic heterocycles. The van der Waals surface area contributed by atoms with Crippen LogP contribution in [-0.2, 0) is 11.2 Å². The molecule has 0 radical (unpaired) electrons. The highest BCUT2D eigenvalue weighted by atomic mass is 35.5. The van der Waals surface area contributed by atoms with Gasteiger partial charge in [-0.2, -0.15) is 0 Å². The number of halogens is 1. The molecule has 0 spiro atoms. The van der Waals surface area contributed by atoms with Crippen LogP contribution in [0.25, 0.3) is 11.6 Å². The van der Waals surface area contributed by atoms with Gasteiger partial charge in [0.25, 0.3) is 11.8 Å². The van der Waals surface area contributed by atoms with E-state index >= 15 is 0 Å². The van der Waals surface area contributed by atoms with E-state index in [9.17, 15) is 9.59 Å². The molecule has 0 atom stereocenters. The van der Waals surface area contributed by atoms with E-state index in [2.05, 4.69) is 15.6 Å². The van der Waals surface area contributed by atoms with Crippen LogP contribution in [0.1, 0.15) is 27.2 Å². The maximum Gasteiger partial charge on any atom is 0.256 e. The third-order valence-corrected chi connectivity index (χ3v) is 4.22. The first-order valence-electron chi connectivity index (χ1n) is 6.95. The number of H-pyrrole nitrogens is 1. The molecular weight excluding hydrogens is 302 g/mol. The smallest absolute Gasteiger partial charge is 0.256 e. The number of hydrogen-bond donors (Lipinski definition) is 3. The highest BCUT2D eigenvalue weighted by Crippen LogP contribution is 2.35. The number of fused-ring (bicyclic) bond motifs is 2. The van der Waals surface area contributed by atoms with Crippen molar-refractivity contribution in [1.82, 2.24) is 10.3 Å². The summed E-state index contributed by atoms with van der Waals surface area (Å²) in [4.78, 5) is 27.1. The van der Waals surface area contributed by atoms with E-state index in [1.807, 2.05) is 6.07 Å². The number of amides is 2. The predicted molar refractivity (Wildman–Crippen MR) is 84.8 cm³/mol. The lowest BCUT2D eigenvalue weighted by Crippen LogP contribution is -2.31. The van der Waals surface area contributed by atoms with E-state index in [4.69, 9.17) is 11.6 Å². The van der Waals surface area contributed by atoms with E-state index in [0.29, 0.717) is 28.4 Å². The lowest BCUT2D eigenvalue weighted by molar-refractivity contribution is -0.110. The largest absolute Gasteiger partial charge is 0.361 e. The zero-order chi connectivity index (χ0) is 15.3.